The number of carbonyl (C=O) groups is 1. The fourth-order valence-electron chi connectivity index (χ4n) is 6.99. The van der Waals surface area contributed by atoms with Gasteiger partial charge in [0.1, 0.15) is 0 Å². The Morgan fingerprint density at radius 3 is 2.39 bits per heavy atom. The van der Waals surface area contributed by atoms with Crippen molar-refractivity contribution in [2.45, 2.75) is 65.1 Å². The summed E-state index contributed by atoms with van der Waals surface area (Å²) in [6.07, 6.45) is 3.35. The van der Waals surface area contributed by atoms with E-state index in [1.807, 2.05) is 11.9 Å². The Balaban J connectivity index is 1.43. The van der Waals surface area contributed by atoms with Crippen LogP contribution in [0.2, 0.25) is 0 Å². The Hall–Kier alpha value is -2.37. The SMILES string of the molecule is Cc1cc(C)cc([C@@H](C)N(C)C(=O)N2CC[C@@H]3CN(C4CCOCC4)CC3[C@@H]2c2ccccc2C)c1. The molecule has 3 aliphatic rings. The van der Waals surface area contributed by atoms with E-state index in [0.29, 0.717) is 17.9 Å². The standard InChI is InChI=1S/C31H43N3O2/c1-21-16-22(2)18-26(17-21)24(4)32(5)31(35)34-13-10-25-19-33(27-11-14-36-15-12-27)20-29(25)30(34)28-9-7-6-8-23(28)3/h6-9,16-18,24-25,27,29-30H,10-15,19-20H2,1-5H3/t24-,25-,29?,30+/m1/s1. The van der Waals surface area contributed by atoms with Crippen LogP contribution in [-0.2, 0) is 4.74 Å². The van der Waals surface area contributed by atoms with Gasteiger partial charge in [-0.3, -0.25) is 4.90 Å². The Kier molecular flexibility index (Phi) is 7.41. The number of piperidine rings is 1. The summed E-state index contributed by atoms with van der Waals surface area (Å²) in [5, 5.41) is 0. The molecule has 0 radical (unpaired) electrons. The van der Waals surface area contributed by atoms with Crippen LogP contribution in [-0.4, -0.2) is 66.7 Å². The lowest BCUT2D eigenvalue weighted by atomic mass is 9.78. The summed E-state index contributed by atoms with van der Waals surface area (Å²) in [6, 6.07) is 16.3. The lowest BCUT2D eigenvalue weighted by Gasteiger charge is -2.45. The molecule has 0 aromatic heterocycles. The van der Waals surface area contributed by atoms with Crippen LogP contribution in [0.5, 0.6) is 0 Å². The molecule has 3 heterocycles. The van der Waals surface area contributed by atoms with Crippen LogP contribution >= 0.6 is 0 Å². The first kappa shape index (κ1) is 25.3. The number of hydrogen-bond donors (Lipinski definition) is 0. The maximum absolute atomic E-state index is 14.2. The molecule has 4 atom stereocenters. The van der Waals surface area contributed by atoms with Crippen LogP contribution in [0.15, 0.2) is 42.5 Å². The van der Waals surface area contributed by atoms with Crippen LogP contribution in [0.4, 0.5) is 4.79 Å². The van der Waals surface area contributed by atoms with E-state index in [-0.39, 0.29) is 18.1 Å². The molecule has 2 aromatic rings. The van der Waals surface area contributed by atoms with Gasteiger partial charge in [-0.05, 0) is 69.6 Å². The van der Waals surface area contributed by atoms with Crippen molar-refractivity contribution >= 4 is 6.03 Å². The zero-order valence-corrected chi connectivity index (χ0v) is 22.7. The Morgan fingerprint density at radius 1 is 1.00 bits per heavy atom. The second kappa shape index (κ2) is 10.5. The third-order valence-corrected chi connectivity index (χ3v) is 9.07. The molecule has 0 spiro atoms. The van der Waals surface area contributed by atoms with Crippen molar-refractivity contribution in [3.8, 4) is 0 Å². The maximum Gasteiger partial charge on any atom is 0.320 e. The molecule has 0 N–H and O–H groups in total. The number of fused-ring (bicyclic) bond motifs is 1. The summed E-state index contributed by atoms with van der Waals surface area (Å²) in [7, 11) is 1.98. The number of ether oxygens (including phenoxy) is 1. The van der Waals surface area contributed by atoms with E-state index in [0.717, 1.165) is 52.1 Å². The van der Waals surface area contributed by atoms with Crippen molar-refractivity contribution in [2.75, 3.05) is 39.9 Å². The first-order valence-electron chi connectivity index (χ1n) is 13.8. The molecule has 5 nitrogen and oxygen atoms in total. The maximum atomic E-state index is 14.2. The van der Waals surface area contributed by atoms with Crippen molar-refractivity contribution in [3.05, 3.63) is 70.3 Å². The first-order valence-corrected chi connectivity index (χ1v) is 13.8. The van der Waals surface area contributed by atoms with E-state index in [9.17, 15) is 4.79 Å². The van der Waals surface area contributed by atoms with E-state index in [4.69, 9.17) is 4.74 Å². The van der Waals surface area contributed by atoms with Crippen LogP contribution in [0, 0.1) is 32.6 Å². The molecule has 0 bridgehead atoms. The lowest BCUT2D eigenvalue weighted by Crippen LogP contribution is -2.51. The summed E-state index contributed by atoms with van der Waals surface area (Å²) in [5.74, 6) is 1.11. The third kappa shape index (κ3) is 4.92. The molecular formula is C31H43N3O2. The van der Waals surface area contributed by atoms with Crippen molar-refractivity contribution in [2.24, 2.45) is 11.8 Å². The van der Waals surface area contributed by atoms with Gasteiger partial charge in [-0.25, -0.2) is 4.79 Å². The van der Waals surface area contributed by atoms with Gasteiger partial charge < -0.3 is 14.5 Å². The predicted molar refractivity (Wildman–Crippen MR) is 145 cm³/mol. The zero-order valence-electron chi connectivity index (χ0n) is 22.7. The van der Waals surface area contributed by atoms with Crippen LogP contribution in [0.25, 0.3) is 0 Å². The van der Waals surface area contributed by atoms with E-state index in [1.54, 1.807) is 0 Å². The lowest BCUT2D eigenvalue weighted by molar-refractivity contribution is 0.0393. The van der Waals surface area contributed by atoms with E-state index < -0.39 is 0 Å². The number of urea groups is 1. The fraction of sp³-hybridized carbons (Fsp3) is 0.581. The molecule has 0 aliphatic carbocycles. The molecule has 3 fully saturated rings. The van der Waals surface area contributed by atoms with Gasteiger partial charge in [-0.2, -0.15) is 0 Å². The average molecular weight is 490 g/mol. The number of carbonyl (C=O) groups excluding carboxylic acids is 1. The van der Waals surface area contributed by atoms with Gasteiger partial charge in [0, 0.05) is 51.9 Å². The number of rotatable bonds is 4. The first-order chi connectivity index (χ1) is 17.3. The van der Waals surface area contributed by atoms with E-state index >= 15 is 0 Å². The van der Waals surface area contributed by atoms with Crippen LogP contribution in [0.3, 0.4) is 0 Å². The number of amides is 2. The highest BCUT2D eigenvalue weighted by Crippen LogP contribution is 2.46. The van der Waals surface area contributed by atoms with Gasteiger partial charge in [0.15, 0.2) is 0 Å². The molecule has 0 saturated carbocycles. The quantitative estimate of drug-likeness (QED) is 0.537. The van der Waals surface area contributed by atoms with Crippen molar-refractivity contribution < 1.29 is 9.53 Å². The van der Waals surface area contributed by atoms with Crippen molar-refractivity contribution in [3.63, 3.8) is 0 Å². The van der Waals surface area contributed by atoms with Gasteiger partial charge in [-0.1, -0.05) is 53.6 Å². The second-order valence-electron chi connectivity index (χ2n) is 11.5. The minimum atomic E-state index is 0.0219. The van der Waals surface area contributed by atoms with Crippen molar-refractivity contribution in [1.29, 1.82) is 0 Å². The van der Waals surface area contributed by atoms with Crippen LogP contribution in [0.1, 0.15) is 66.1 Å². The number of hydrogen-bond acceptors (Lipinski definition) is 3. The Morgan fingerprint density at radius 2 is 1.69 bits per heavy atom. The minimum absolute atomic E-state index is 0.0219. The zero-order chi connectivity index (χ0) is 25.4. The molecule has 2 aromatic carbocycles. The summed E-state index contributed by atoms with van der Waals surface area (Å²) in [5.41, 5.74) is 6.31. The number of nitrogens with zero attached hydrogens (tertiary/aromatic N) is 3. The van der Waals surface area contributed by atoms with Gasteiger partial charge >= 0.3 is 6.03 Å². The Labute approximate surface area is 217 Å². The predicted octanol–water partition coefficient (Wildman–Crippen LogP) is 5.90. The molecule has 3 saturated heterocycles. The monoisotopic (exact) mass is 489 g/mol. The highest BCUT2D eigenvalue weighted by Gasteiger charge is 2.48. The minimum Gasteiger partial charge on any atom is -0.381 e. The largest absolute Gasteiger partial charge is 0.381 e. The van der Waals surface area contributed by atoms with Crippen molar-refractivity contribution in [1.82, 2.24) is 14.7 Å². The summed E-state index contributed by atoms with van der Waals surface area (Å²) in [4.78, 5) is 21.1. The summed E-state index contributed by atoms with van der Waals surface area (Å²) < 4.78 is 5.65. The number of likely N-dealkylation sites (tertiary alicyclic amines) is 2. The highest BCUT2D eigenvalue weighted by atomic mass is 16.5. The molecule has 1 unspecified atom stereocenters. The number of benzene rings is 2. The molecule has 5 rings (SSSR count). The second-order valence-corrected chi connectivity index (χ2v) is 11.5. The normalized spacial score (nSPS) is 26.0. The number of aryl methyl sites for hydroxylation is 3. The van der Waals surface area contributed by atoms with Gasteiger partial charge in [0.2, 0.25) is 0 Å². The Bertz CT molecular complexity index is 1060. The smallest absolute Gasteiger partial charge is 0.320 e. The average Bonchev–Trinajstić information content (AvgIpc) is 3.32. The summed E-state index contributed by atoms with van der Waals surface area (Å²) >= 11 is 0. The highest BCUT2D eigenvalue weighted by molar-refractivity contribution is 5.75. The molecule has 194 valence electrons. The van der Waals surface area contributed by atoms with Gasteiger partial charge in [0.25, 0.3) is 0 Å². The molecule has 3 aliphatic heterocycles. The molecular weight excluding hydrogens is 446 g/mol. The van der Waals surface area contributed by atoms with E-state index in [1.165, 1.54) is 27.8 Å². The van der Waals surface area contributed by atoms with Crippen LogP contribution < -0.4 is 0 Å². The third-order valence-electron chi connectivity index (χ3n) is 9.07. The molecule has 36 heavy (non-hydrogen) atoms. The van der Waals surface area contributed by atoms with E-state index in [2.05, 4.69) is 80.0 Å². The van der Waals surface area contributed by atoms with Gasteiger partial charge in [0.05, 0.1) is 12.1 Å². The summed E-state index contributed by atoms with van der Waals surface area (Å²) in [6.45, 7) is 13.4. The molecule has 5 heteroatoms. The van der Waals surface area contributed by atoms with Gasteiger partial charge in [-0.15, -0.1) is 0 Å². The topological polar surface area (TPSA) is 36.0 Å². The fourth-order valence-corrected chi connectivity index (χ4v) is 6.99. The molecule has 2 amide bonds.